The molecule has 0 aliphatic carbocycles. The Labute approximate surface area is 135 Å². The number of tetrazole rings is 1. The van der Waals surface area contributed by atoms with Crippen molar-refractivity contribution in [3.05, 3.63) is 42.2 Å². The third kappa shape index (κ3) is 4.03. The molecule has 2 N–H and O–H groups in total. The van der Waals surface area contributed by atoms with Crippen molar-refractivity contribution in [2.75, 3.05) is 5.32 Å². The number of hydrogen-bond donors (Lipinski definition) is 2. The molecule has 1 atom stereocenters. The van der Waals surface area contributed by atoms with Crippen LogP contribution in [0.4, 0.5) is 5.82 Å². The van der Waals surface area contributed by atoms with E-state index < -0.39 is 0 Å². The topological polar surface area (TPSA) is 79.4 Å². The maximum atomic E-state index is 4.67. The van der Waals surface area contributed by atoms with Gasteiger partial charge in [0, 0.05) is 5.39 Å². The lowest BCUT2D eigenvalue weighted by molar-refractivity contribution is 0.352. The number of rotatable bonds is 5. The Hall–Kier alpha value is -2.50. The molecule has 2 aromatic heterocycles. The van der Waals surface area contributed by atoms with Crippen LogP contribution in [0.15, 0.2) is 36.4 Å². The molecule has 6 heteroatoms. The fourth-order valence-electron chi connectivity index (χ4n) is 2.49. The maximum Gasteiger partial charge on any atom is 0.196 e. The number of aromatic nitrogens is 5. The van der Waals surface area contributed by atoms with Gasteiger partial charge in [0.1, 0.15) is 5.82 Å². The summed E-state index contributed by atoms with van der Waals surface area (Å²) in [5.41, 5.74) is 1.22. The van der Waals surface area contributed by atoms with Crippen LogP contribution >= 0.6 is 0 Å². The Morgan fingerprint density at radius 2 is 1.96 bits per heavy atom. The van der Waals surface area contributed by atoms with Gasteiger partial charge in [0.15, 0.2) is 5.82 Å². The van der Waals surface area contributed by atoms with E-state index in [1.807, 2.05) is 24.3 Å². The van der Waals surface area contributed by atoms with Gasteiger partial charge in [-0.05, 0) is 36.5 Å². The van der Waals surface area contributed by atoms with E-state index in [0.717, 1.165) is 29.6 Å². The molecule has 0 bridgehead atoms. The third-order valence-electron chi connectivity index (χ3n) is 3.78. The van der Waals surface area contributed by atoms with E-state index in [-0.39, 0.29) is 11.5 Å². The molecule has 6 nitrogen and oxygen atoms in total. The second-order valence-corrected chi connectivity index (χ2v) is 6.96. The first kappa shape index (κ1) is 15.4. The fraction of sp³-hybridized carbons (Fsp3) is 0.412. The van der Waals surface area contributed by atoms with Crippen LogP contribution in [0.25, 0.3) is 10.9 Å². The minimum Gasteiger partial charge on any atom is -0.360 e. The zero-order chi connectivity index (χ0) is 16.3. The lowest BCUT2D eigenvalue weighted by atomic mass is 9.88. The monoisotopic (exact) mass is 310 g/mol. The van der Waals surface area contributed by atoms with Crippen LogP contribution in [0.1, 0.15) is 45.5 Å². The molecule has 0 saturated heterocycles. The first-order chi connectivity index (χ1) is 11.0. The molecule has 0 amide bonds. The molecule has 0 unspecified atom stereocenters. The third-order valence-corrected chi connectivity index (χ3v) is 3.78. The molecular formula is C17H22N6. The first-order valence-corrected chi connectivity index (χ1v) is 7.87. The van der Waals surface area contributed by atoms with Crippen molar-refractivity contribution >= 4 is 16.7 Å². The number of nitrogens with zero attached hydrogens (tertiary/aromatic N) is 4. The Morgan fingerprint density at radius 1 is 1.13 bits per heavy atom. The summed E-state index contributed by atoms with van der Waals surface area (Å²) in [6, 6.07) is 12.1. The molecule has 0 spiro atoms. The van der Waals surface area contributed by atoms with Crippen molar-refractivity contribution in [2.24, 2.45) is 5.41 Å². The van der Waals surface area contributed by atoms with Gasteiger partial charge in [-0.1, -0.05) is 44.2 Å². The lowest BCUT2D eigenvalue weighted by Crippen LogP contribution is -2.17. The van der Waals surface area contributed by atoms with Gasteiger partial charge in [0.05, 0.1) is 11.6 Å². The highest BCUT2D eigenvalue weighted by Gasteiger charge is 2.20. The van der Waals surface area contributed by atoms with E-state index in [9.17, 15) is 0 Å². The highest BCUT2D eigenvalue weighted by atomic mass is 15.5. The van der Waals surface area contributed by atoms with Crippen LogP contribution in [0.2, 0.25) is 0 Å². The summed E-state index contributed by atoms with van der Waals surface area (Å²) < 4.78 is 0. The highest BCUT2D eigenvalue weighted by molar-refractivity contribution is 5.80. The zero-order valence-electron chi connectivity index (χ0n) is 13.7. The number of fused-ring (bicyclic) bond motifs is 1. The van der Waals surface area contributed by atoms with Crippen molar-refractivity contribution in [1.29, 1.82) is 0 Å². The predicted molar refractivity (Wildman–Crippen MR) is 91.0 cm³/mol. The number of hydrogen-bond acceptors (Lipinski definition) is 5. The van der Waals surface area contributed by atoms with Crippen molar-refractivity contribution < 1.29 is 0 Å². The minimum atomic E-state index is -0.0124. The van der Waals surface area contributed by atoms with Gasteiger partial charge in [-0.25, -0.2) is 4.98 Å². The largest absolute Gasteiger partial charge is 0.360 e. The van der Waals surface area contributed by atoms with Gasteiger partial charge in [-0.2, -0.15) is 5.21 Å². The molecule has 0 aliphatic heterocycles. The number of pyridine rings is 1. The van der Waals surface area contributed by atoms with Crippen LogP contribution in [-0.4, -0.2) is 25.6 Å². The Kier molecular flexibility index (Phi) is 4.23. The molecular weight excluding hydrogens is 288 g/mol. The van der Waals surface area contributed by atoms with Gasteiger partial charge in [-0.15, -0.1) is 10.2 Å². The van der Waals surface area contributed by atoms with Crippen molar-refractivity contribution in [1.82, 2.24) is 25.6 Å². The summed E-state index contributed by atoms with van der Waals surface area (Å²) in [6.07, 6.45) is 1.96. The molecule has 23 heavy (non-hydrogen) atoms. The van der Waals surface area contributed by atoms with Crippen molar-refractivity contribution in [3.63, 3.8) is 0 Å². The number of nitrogens with one attached hydrogen (secondary N) is 2. The Bertz CT molecular complexity index is 760. The molecule has 120 valence electrons. The first-order valence-electron chi connectivity index (χ1n) is 7.87. The molecule has 3 aromatic rings. The second-order valence-electron chi connectivity index (χ2n) is 6.96. The van der Waals surface area contributed by atoms with E-state index in [1.54, 1.807) is 0 Å². The number of H-pyrrole nitrogens is 1. The number of anilines is 1. The SMILES string of the molecule is CC(C)(C)CC[C@@H](Nc1ccc2ccccc2n1)c1nn[nH]n1. The fourth-order valence-corrected chi connectivity index (χ4v) is 2.49. The van der Waals surface area contributed by atoms with Gasteiger partial charge >= 0.3 is 0 Å². The number of benzene rings is 1. The molecule has 0 aliphatic rings. The van der Waals surface area contributed by atoms with Crippen LogP contribution in [0, 0.1) is 5.41 Å². The van der Waals surface area contributed by atoms with Gasteiger partial charge in [0.25, 0.3) is 0 Å². The van der Waals surface area contributed by atoms with E-state index in [4.69, 9.17) is 0 Å². The number of para-hydroxylation sites is 1. The molecule has 0 saturated carbocycles. The van der Waals surface area contributed by atoms with E-state index >= 15 is 0 Å². The van der Waals surface area contributed by atoms with Crippen LogP contribution in [0.3, 0.4) is 0 Å². The summed E-state index contributed by atoms with van der Waals surface area (Å²) in [7, 11) is 0. The summed E-state index contributed by atoms with van der Waals surface area (Å²) in [5.74, 6) is 1.50. The van der Waals surface area contributed by atoms with Crippen molar-refractivity contribution in [3.8, 4) is 0 Å². The smallest absolute Gasteiger partial charge is 0.196 e. The standard InChI is InChI=1S/C17H22N6/c1-17(2,3)11-10-14(16-20-22-23-21-16)19-15-9-8-12-6-4-5-7-13(12)18-15/h4-9,14H,10-11H2,1-3H3,(H,18,19)(H,20,21,22,23)/t14-/m1/s1. The predicted octanol–water partition coefficient (Wildman–Crippen LogP) is 3.73. The molecule has 1 aromatic carbocycles. The summed E-state index contributed by atoms with van der Waals surface area (Å²) in [4.78, 5) is 4.67. The minimum absolute atomic E-state index is 0.0124. The second kappa shape index (κ2) is 6.32. The van der Waals surface area contributed by atoms with E-state index in [1.165, 1.54) is 0 Å². The average molecular weight is 310 g/mol. The average Bonchev–Trinajstić information content (AvgIpc) is 3.04. The quantitative estimate of drug-likeness (QED) is 0.750. The molecule has 2 heterocycles. The summed E-state index contributed by atoms with van der Waals surface area (Å²) >= 11 is 0. The Morgan fingerprint density at radius 3 is 2.70 bits per heavy atom. The maximum absolute atomic E-state index is 4.67. The van der Waals surface area contributed by atoms with Crippen molar-refractivity contribution in [2.45, 2.75) is 39.7 Å². The van der Waals surface area contributed by atoms with Gasteiger partial charge in [0.2, 0.25) is 0 Å². The molecule has 0 fully saturated rings. The highest BCUT2D eigenvalue weighted by Crippen LogP contribution is 2.28. The van der Waals surface area contributed by atoms with Crippen LogP contribution in [-0.2, 0) is 0 Å². The van der Waals surface area contributed by atoms with Crippen LogP contribution < -0.4 is 5.32 Å². The van der Waals surface area contributed by atoms with E-state index in [0.29, 0.717) is 5.82 Å². The van der Waals surface area contributed by atoms with Gasteiger partial charge < -0.3 is 5.32 Å². The van der Waals surface area contributed by atoms with Gasteiger partial charge in [-0.3, -0.25) is 0 Å². The lowest BCUT2D eigenvalue weighted by Gasteiger charge is -2.22. The molecule has 3 rings (SSSR count). The zero-order valence-corrected chi connectivity index (χ0v) is 13.7. The summed E-state index contributed by atoms with van der Waals surface area (Å²) in [6.45, 7) is 6.69. The van der Waals surface area contributed by atoms with Crippen LogP contribution in [0.5, 0.6) is 0 Å². The number of aromatic amines is 1. The normalized spacial score (nSPS) is 13.2. The Balaban J connectivity index is 1.81. The summed E-state index contributed by atoms with van der Waals surface area (Å²) in [5, 5.41) is 19.1. The van der Waals surface area contributed by atoms with E-state index in [2.05, 4.69) is 63.8 Å². The molecule has 0 radical (unpaired) electrons.